The third-order valence-corrected chi connectivity index (χ3v) is 8.67. The van der Waals surface area contributed by atoms with Gasteiger partial charge in [-0.2, -0.15) is 0 Å². The zero-order valence-electron chi connectivity index (χ0n) is 28.1. The number of ether oxygens (including phenoxy) is 3. The highest BCUT2D eigenvalue weighted by Gasteiger charge is 2.23. The molecule has 0 heterocycles. The molecule has 2 saturated carbocycles. The second-order valence-electron chi connectivity index (χ2n) is 12.2. The predicted molar refractivity (Wildman–Crippen MR) is 188 cm³/mol. The van der Waals surface area contributed by atoms with E-state index in [0.29, 0.717) is 31.3 Å². The second-order valence-corrected chi connectivity index (χ2v) is 12.2. The van der Waals surface area contributed by atoms with Crippen LogP contribution in [0.2, 0.25) is 0 Å². The second kappa shape index (κ2) is 23.8. The smallest absolute Gasteiger partial charge is 0.411 e. The minimum Gasteiger partial charge on any atom is -0.483 e. The van der Waals surface area contributed by atoms with Gasteiger partial charge in [-0.3, -0.25) is 14.9 Å². The summed E-state index contributed by atoms with van der Waals surface area (Å²) >= 11 is 0. The molecule has 48 heavy (non-hydrogen) atoms. The molecule has 0 aromatic heterocycles. The average Bonchev–Trinajstić information content (AvgIpc) is 3.12. The lowest BCUT2D eigenvalue weighted by molar-refractivity contribution is -0.139. The summed E-state index contributed by atoms with van der Waals surface area (Å²) in [6.45, 7) is 9.06. The van der Waals surface area contributed by atoms with Gasteiger partial charge in [-0.05, 0) is 123 Å². The lowest BCUT2D eigenvalue weighted by Gasteiger charge is -2.28. The van der Waals surface area contributed by atoms with Gasteiger partial charge in [0.15, 0.2) is 0 Å². The summed E-state index contributed by atoms with van der Waals surface area (Å²) in [6.07, 6.45) is 12.4. The first-order valence-corrected chi connectivity index (χ1v) is 16.6. The number of nitrogens with one attached hydrogen (secondary N) is 2. The summed E-state index contributed by atoms with van der Waals surface area (Å²) in [7, 11) is 1.80. The molecule has 3 N–H and O–H groups in total. The molecule has 0 atom stereocenters. The monoisotopic (exact) mass is 664 g/mol. The fourth-order valence-electron chi connectivity index (χ4n) is 5.95. The van der Waals surface area contributed by atoms with Crippen LogP contribution in [0.1, 0.15) is 62.5 Å². The summed E-state index contributed by atoms with van der Waals surface area (Å²) in [6, 6.07) is 16.6. The molecule has 0 saturated heterocycles. The Hall–Kier alpha value is -4.44. The van der Waals surface area contributed by atoms with Crippen LogP contribution in [0.5, 0.6) is 0 Å². The van der Waals surface area contributed by atoms with Gasteiger partial charge in [-0.1, -0.05) is 37.4 Å². The number of esters is 1. The van der Waals surface area contributed by atoms with Gasteiger partial charge in [0.05, 0.1) is 13.2 Å². The van der Waals surface area contributed by atoms with Gasteiger partial charge in [0, 0.05) is 37.7 Å². The van der Waals surface area contributed by atoms with Gasteiger partial charge < -0.3 is 24.6 Å². The van der Waals surface area contributed by atoms with Crippen molar-refractivity contribution in [2.24, 2.45) is 23.7 Å². The van der Waals surface area contributed by atoms with Crippen molar-refractivity contribution < 1.29 is 38.5 Å². The van der Waals surface area contributed by atoms with Gasteiger partial charge in [0.25, 0.3) is 6.47 Å². The minimum absolute atomic E-state index is 0.250. The molecule has 1 amide bonds. The van der Waals surface area contributed by atoms with Crippen LogP contribution in [0.3, 0.4) is 0 Å². The molecule has 2 aromatic carbocycles. The maximum atomic E-state index is 12.3. The molecule has 2 fully saturated rings. The number of hydrogen-bond donors (Lipinski definition) is 3. The highest BCUT2D eigenvalue weighted by molar-refractivity contribution is 5.84. The van der Waals surface area contributed by atoms with Gasteiger partial charge >= 0.3 is 12.1 Å². The normalized spacial score (nSPS) is 19.8. The van der Waals surface area contributed by atoms with Crippen LogP contribution in [-0.4, -0.2) is 63.4 Å². The number of carboxylic acid groups (broad SMARTS) is 1. The highest BCUT2D eigenvalue weighted by atomic mass is 16.5. The molecule has 0 radical (unpaired) electrons. The number of carbonyl (C=O) groups is 4. The van der Waals surface area contributed by atoms with E-state index in [0.717, 1.165) is 62.8 Å². The van der Waals surface area contributed by atoms with Gasteiger partial charge in [0.2, 0.25) is 0 Å². The number of anilines is 2. The zero-order chi connectivity index (χ0) is 35.0. The van der Waals surface area contributed by atoms with Crippen LogP contribution in [0.15, 0.2) is 73.8 Å². The lowest BCUT2D eigenvalue weighted by atomic mass is 9.82. The van der Waals surface area contributed by atoms with E-state index in [1.54, 1.807) is 7.11 Å². The Bertz CT molecular complexity index is 1230. The summed E-state index contributed by atoms with van der Waals surface area (Å²) in [5.41, 5.74) is 4.34. The maximum Gasteiger partial charge on any atom is 0.411 e. The van der Waals surface area contributed by atoms with Crippen LogP contribution in [0.4, 0.5) is 16.2 Å². The topological polar surface area (TPSA) is 140 Å². The van der Waals surface area contributed by atoms with E-state index in [9.17, 15) is 9.59 Å². The first-order chi connectivity index (χ1) is 23.3. The number of carbonyl (C=O) groups excluding carboxylic acids is 3. The van der Waals surface area contributed by atoms with E-state index in [-0.39, 0.29) is 12.4 Å². The average molecular weight is 665 g/mol. The molecule has 10 heteroatoms. The molecule has 2 aliphatic rings. The Balaban J connectivity index is 0.00000105. The molecule has 10 nitrogen and oxygen atoms in total. The largest absolute Gasteiger partial charge is 0.483 e. The van der Waals surface area contributed by atoms with Crippen molar-refractivity contribution in [1.29, 1.82) is 0 Å². The number of benzene rings is 2. The van der Waals surface area contributed by atoms with Crippen LogP contribution in [-0.2, 0) is 35.0 Å². The van der Waals surface area contributed by atoms with Crippen molar-refractivity contribution in [2.75, 3.05) is 44.1 Å². The Morgan fingerprint density at radius 3 is 1.65 bits per heavy atom. The van der Waals surface area contributed by atoms with E-state index in [1.165, 1.54) is 54.6 Å². The summed E-state index contributed by atoms with van der Waals surface area (Å²) < 4.78 is 16.0. The molecule has 2 aromatic rings. The van der Waals surface area contributed by atoms with Crippen molar-refractivity contribution in [3.8, 4) is 0 Å². The van der Waals surface area contributed by atoms with Crippen molar-refractivity contribution in [3.05, 3.63) is 85.0 Å². The minimum atomic E-state index is -0.425. The molecule has 262 valence electrons. The first-order valence-electron chi connectivity index (χ1n) is 16.6. The molecule has 0 spiro atoms. The van der Waals surface area contributed by atoms with E-state index >= 15 is 0 Å². The molecular weight excluding hydrogens is 612 g/mol. The fourth-order valence-corrected chi connectivity index (χ4v) is 5.95. The Morgan fingerprint density at radius 2 is 1.19 bits per heavy atom. The van der Waals surface area contributed by atoms with E-state index in [2.05, 4.69) is 48.1 Å². The summed E-state index contributed by atoms with van der Waals surface area (Å²) in [5.74, 6) is 1.83. The maximum absolute atomic E-state index is 12.3. The van der Waals surface area contributed by atoms with Crippen molar-refractivity contribution in [2.45, 2.75) is 57.8 Å². The molecule has 0 aliphatic heterocycles. The molecule has 4 rings (SSSR count). The van der Waals surface area contributed by atoms with Crippen LogP contribution >= 0.6 is 0 Å². The molecule has 0 bridgehead atoms. The van der Waals surface area contributed by atoms with Crippen molar-refractivity contribution >= 4 is 36.2 Å². The number of allylic oxidation sites excluding steroid dienone is 1. The SMILES string of the molecule is C=CC(=O)OCC1CCC(COC(=O)Nc2ccc(Cc3ccc(NCC4CCC(COC)CC4)cc3)cc2)CC1.C=CC=O.O=CO. The van der Waals surface area contributed by atoms with Gasteiger partial charge in [-0.15, -0.1) is 0 Å². The lowest BCUT2D eigenvalue weighted by Crippen LogP contribution is -2.24. The van der Waals surface area contributed by atoms with Crippen LogP contribution in [0, 0.1) is 23.7 Å². The number of methoxy groups -OCH3 is 1. The first kappa shape index (κ1) is 39.7. The number of hydrogen-bond acceptors (Lipinski definition) is 8. The van der Waals surface area contributed by atoms with E-state index in [1.807, 2.05) is 24.3 Å². The Kier molecular flexibility index (Phi) is 19.7. The predicted octanol–water partition coefficient (Wildman–Crippen LogP) is 7.30. The van der Waals surface area contributed by atoms with Crippen LogP contribution in [0.25, 0.3) is 0 Å². The quantitative estimate of drug-likeness (QED) is 0.108. The van der Waals surface area contributed by atoms with Crippen molar-refractivity contribution in [3.63, 3.8) is 0 Å². The zero-order valence-corrected chi connectivity index (χ0v) is 28.1. The molecular formula is C38H52N2O8. The number of rotatable bonds is 14. The summed E-state index contributed by atoms with van der Waals surface area (Å²) in [4.78, 5) is 41.0. The third-order valence-electron chi connectivity index (χ3n) is 8.67. The standard InChI is InChI=1S/C34H46N2O5.C3H4O.CH2O2/c1-3-33(37)40-23-29-8-10-30(11-9-29)24-41-34(38)36-32-18-14-26(15-19-32)20-25-12-16-31(17-13-25)35-21-27-4-6-28(7-5-27)22-39-2;1-2-3-4;2-1-3/h3,12-19,27-30,35H,1,4-11,20-24H2,2H3,(H,36,38);2-3H,1H2;1H,(H,2,3). The Labute approximate surface area is 284 Å². The van der Waals surface area contributed by atoms with Gasteiger partial charge in [0.1, 0.15) is 6.29 Å². The number of amides is 1. The third kappa shape index (κ3) is 16.4. The fraction of sp³-hybridized carbons (Fsp3) is 0.474. The van der Waals surface area contributed by atoms with E-state index in [4.69, 9.17) is 28.9 Å². The van der Waals surface area contributed by atoms with Crippen molar-refractivity contribution in [1.82, 2.24) is 0 Å². The van der Waals surface area contributed by atoms with Gasteiger partial charge in [-0.25, -0.2) is 9.59 Å². The summed E-state index contributed by atoms with van der Waals surface area (Å²) in [5, 5.41) is 13.3. The highest BCUT2D eigenvalue weighted by Crippen LogP contribution is 2.30. The van der Waals surface area contributed by atoms with Crippen LogP contribution < -0.4 is 10.6 Å². The Morgan fingerprint density at radius 1 is 0.750 bits per heavy atom. The van der Waals surface area contributed by atoms with E-state index < -0.39 is 6.09 Å². The molecule has 2 aliphatic carbocycles. The molecule has 0 unspecified atom stereocenters. The number of aldehydes is 1.